The zero-order valence-electron chi connectivity index (χ0n) is 22.7. The maximum Gasteiger partial charge on any atom is 0.138 e. The van der Waals surface area contributed by atoms with Crippen LogP contribution < -0.4 is 0 Å². The van der Waals surface area contributed by atoms with Crippen LogP contribution >= 0.6 is 12.4 Å². The number of hydrogen-bond acceptors (Lipinski definition) is 4. The molecular weight excluding hydrogens is 480 g/mol. The molecule has 2 aromatic heterocycles. The van der Waals surface area contributed by atoms with Gasteiger partial charge in [-0.3, -0.25) is 9.78 Å². The first-order chi connectivity index (χ1) is 17.4. The molecule has 3 aromatic rings. The van der Waals surface area contributed by atoms with Gasteiger partial charge in [0.05, 0.1) is 0 Å². The van der Waals surface area contributed by atoms with Gasteiger partial charge in [0.25, 0.3) is 0 Å². The molecular formula is C31H41ClN4O. The number of aromatic nitrogens is 4. The molecule has 0 saturated heterocycles. The number of rotatable bonds is 11. The number of benzene rings is 1. The Bertz CT molecular complexity index is 1200. The standard InChI is InChI=1S/C31H40N4O.ClH/c1-20(2)13-23-15-25(16-23)30-33-34-31(35(30)28-10-11-28)26(17-27-7-5-6-12-32-27)19-29(36)18-24-9-8-21(3)14-22(24)4;/h5-9,12,14,20,23,25-26,28H,10-11,13,15-19H2,1-4H3;1H. The molecule has 0 bridgehead atoms. The topological polar surface area (TPSA) is 60.7 Å². The van der Waals surface area contributed by atoms with Crippen LogP contribution in [0.2, 0.25) is 0 Å². The van der Waals surface area contributed by atoms with Crippen LogP contribution in [0.4, 0.5) is 0 Å². The van der Waals surface area contributed by atoms with Gasteiger partial charge in [-0.2, -0.15) is 0 Å². The first kappa shape index (κ1) is 27.5. The largest absolute Gasteiger partial charge is 0.311 e. The number of ketones is 1. The van der Waals surface area contributed by atoms with Gasteiger partial charge in [0.2, 0.25) is 0 Å². The Hall–Kier alpha value is -2.53. The predicted molar refractivity (Wildman–Crippen MR) is 150 cm³/mol. The summed E-state index contributed by atoms with van der Waals surface area (Å²) < 4.78 is 2.44. The molecule has 0 radical (unpaired) electrons. The number of hydrogen-bond donors (Lipinski definition) is 0. The second kappa shape index (κ2) is 11.9. The van der Waals surface area contributed by atoms with Crippen molar-refractivity contribution in [3.8, 4) is 0 Å². The summed E-state index contributed by atoms with van der Waals surface area (Å²) >= 11 is 0. The third-order valence-corrected chi connectivity index (χ3v) is 7.97. The Kier molecular flexibility index (Phi) is 8.84. The number of carbonyl (C=O) groups is 1. The van der Waals surface area contributed by atoms with E-state index in [1.807, 2.05) is 18.3 Å². The Labute approximate surface area is 227 Å². The summed E-state index contributed by atoms with van der Waals surface area (Å²) in [6.45, 7) is 8.82. The van der Waals surface area contributed by atoms with Crippen molar-refractivity contribution < 1.29 is 4.79 Å². The van der Waals surface area contributed by atoms with Crippen LogP contribution in [0.3, 0.4) is 0 Å². The summed E-state index contributed by atoms with van der Waals surface area (Å²) in [6, 6.07) is 12.9. The number of nitrogens with zero attached hydrogens (tertiary/aromatic N) is 4. The minimum atomic E-state index is -0.00783. The molecule has 37 heavy (non-hydrogen) atoms. The van der Waals surface area contributed by atoms with Gasteiger partial charge in [0.1, 0.15) is 17.4 Å². The smallest absolute Gasteiger partial charge is 0.138 e. The number of aryl methyl sites for hydroxylation is 2. The Morgan fingerprint density at radius 2 is 1.86 bits per heavy atom. The van der Waals surface area contributed by atoms with Gasteiger partial charge in [-0.15, -0.1) is 22.6 Å². The van der Waals surface area contributed by atoms with E-state index in [-0.39, 0.29) is 24.1 Å². The fourth-order valence-corrected chi connectivity index (χ4v) is 6.01. The average molecular weight is 521 g/mol. The maximum absolute atomic E-state index is 13.4. The summed E-state index contributed by atoms with van der Waals surface area (Å²) in [5, 5.41) is 9.56. The molecule has 2 aliphatic rings. The van der Waals surface area contributed by atoms with Crippen molar-refractivity contribution in [2.24, 2.45) is 11.8 Å². The number of halogens is 1. The highest BCUT2D eigenvalue weighted by Crippen LogP contribution is 2.48. The van der Waals surface area contributed by atoms with E-state index in [2.05, 4.69) is 61.5 Å². The highest BCUT2D eigenvalue weighted by atomic mass is 35.5. The van der Waals surface area contributed by atoms with Crippen molar-refractivity contribution in [3.05, 3.63) is 76.6 Å². The molecule has 0 spiro atoms. The lowest BCUT2D eigenvalue weighted by Crippen LogP contribution is -2.26. The van der Waals surface area contributed by atoms with E-state index in [0.717, 1.165) is 28.9 Å². The lowest BCUT2D eigenvalue weighted by Gasteiger charge is -2.36. The SMILES string of the molecule is Cc1ccc(CC(=O)CC(Cc2ccccn2)c2nnc(C3CC(CC(C)C)C3)n2C2CC2)c(C)c1.Cl. The van der Waals surface area contributed by atoms with Crippen LogP contribution in [0.1, 0.15) is 104 Å². The number of carbonyl (C=O) groups excluding carboxylic acids is 1. The van der Waals surface area contributed by atoms with Crippen molar-refractivity contribution in [2.45, 2.75) is 96.9 Å². The Morgan fingerprint density at radius 1 is 1.08 bits per heavy atom. The van der Waals surface area contributed by atoms with E-state index in [0.29, 0.717) is 31.2 Å². The molecule has 1 unspecified atom stereocenters. The van der Waals surface area contributed by atoms with Gasteiger partial charge in [0.15, 0.2) is 0 Å². The maximum atomic E-state index is 13.4. The summed E-state index contributed by atoms with van der Waals surface area (Å²) in [7, 11) is 0. The van der Waals surface area contributed by atoms with Crippen LogP contribution in [0.15, 0.2) is 42.6 Å². The van der Waals surface area contributed by atoms with Crippen LogP contribution in [-0.2, 0) is 17.6 Å². The minimum Gasteiger partial charge on any atom is -0.311 e. The average Bonchev–Trinajstić information content (AvgIpc) is 3.56. The normalized spacial score (nSPS) is 19.8. The molecule has 2 saturated carbocycles. The number of pyridine rings is 1. The molecule has 0 amide bonds. The van der Waals surface area contributed by atoms with Gasteiger partial charge < -0.3 is 4.57 Å². The van der Waals surface area contributed by atoms with Gasteiger partial charge in [-0.1, -0.05) is 43.7 Å². The zero-order chi connectivity index (χ0) is 25.2. The summed E-state index contributed by atoms with van der Waals surface area (Å²) in [6.07, 6.45) is 9.61. The van der Waals surface area contributed by atoms with Gasteiger partial charge >= 0.3 is 0 Å². The first-order valence-electron chi connectivity index (χ1n) is 13.8. The van der Waals surface area contributed by atoms with E-state index >= 15 is 0 Å². The highest BCUT2D eigenvalue weighted by Gasteiger charge is 2.39. The third-order valence-electron chi connectivity index (χ3n) is 7.97. The van der Waals surface area contributed by atoms with E-state index in [9.17, 15) is 4.79 Å². The first-order valence-corrected chi connectivity index (χ1v) is 13.8. The predicted octanol–water partition coefficient (Wildman–Crippen LogP) is 7.11. The summed E-state index contributed by atoms with van der Waals surface area (Å²) in [4.78, 5) is 18.0. The Balaban J connectivity index is 0.00000320. The molecule has 2 fully saturated rings. The molecule has 0 N–H and O–H groups in total. The van der Waals surface area contributed by atoms with Gasteiger partial charge in [0, 0.05) is 42.6 Å². The van der Waals surface area contributed by atoms with Gasteiger partial charge in [-0.05, 0) is 87.5 Å². The highest BCUT2D eigenvalue weighted by molar-refractivity contribution is 5.85. The second-order valence-corrected chi connectivity index (χ2v) is 11.8. The fraction of sp³-hybridized carbons (Fsp3) is 0.548. The lowest BCUT2D eigenvalue weighted by molar-refractivity contribution is -0.118. The molecule has 6 heteroatoms. The van der Waals surface area contributed by atoms with E-state index < -0.39 is 0 Å². The lowest BCUT2D eigenvalue weighted by atomic mass is 9.71. The van der Waals surface area contributed by atoms with Crippen LogP contribution in [-0.4, -0.2) is 25.5 Å². The molecule has 1 aromatic carbocycles. The van der Waals surface area contributed by atoms with Crippen molar-refractivity contribution in [1.82, 2.24) is 19.7 Å². The molecule has 5 nitrogen and oxygen atoms in total. The quantitative estimate of drug-likeness (QED) is 0.270. The fourth-order valence-electron chi connectivity index (χ4n) is 6.01. The van der Waals surface area contributed by atoms with Gasteiger partial charge in [-0.25, -0.2) is 0 Å². The van der Waals surface area contributed by atoms with E-state index in [1.54, 1.807) is 0 Å². The molecule has 1 atom stereocenters. The van der Waals surface area contributed by atoms with Crippen LogP contribution in [0, 0.1) is 25.7 Å². The Morgan fingerprint density at radius 3 is 2.51 bits per heavy atom. The monoisotopic (exact) mass is 520 g/mol. The van der Waals surface area contributed by atoms with E-state index in [4.69, 9.17) is 10.2 Å². The van der Waals surface area contributed by atoms with Crippen LogP contribution in [0.25, 0.3) is 0 Å². The zero-order valence-corrected chi connectivity index (χ0v) is 23.5. The summed E-state index contributed by atoms with van der Waals surface area (Å²) in [5.74, 6) is 4.49. The third kappa shape index (κ3) is 6.67. The van der Waals surface area contributed by atoms with E-state index in [1.165, 1.54) is 49.1 Å². The van der Waals surface area contributed by atoms with Crippen molar-refractivity contribution in [1.29, 1.82) is 0 Å². The van der Waals surface area contributed by atoms with Crippen LogP contribution in [0.5, 0.6) is 0 Å². The van der Waals surface area contributed by atoms with Crippen molar-refractivity contribution >= 4 is 18.2 Å². The summed E-state index contributed by atoms with van der Waals surface area (Å²) in [5.41, 5.74) is 4.55. The van der Waals surface area contributed by atoms with Crippen molar-refractivity contribution in [2.75, 3.05) is 0 Å². The molecule has 2 aliphatic carbocycles. The van der Waals surface area contributed by atoms with Crippen molar-refractivity contribution in [3.63, 3.8) is 0 Å². The number of Topliss-reactive ketones (excluding diaryl/α,β-unsaturated/α-hetero) is 1. The minimum absolute atomic E-state index is 0. The molecule has 5 rings (SSSR count). The molecule has 198 valence electrons. The molecule has 2 heterocycles. The molecule has 0 aliphatic heterocycles. The second-order valence-electron chi connectivity index (χ2n) is 11.8.